The second kappa shape index (κ2) is 15.7. The van der Waals surface area contributed by atoms with Crippen LogP contribution in [0.15, 0.2) is 60.9 Å². The van der Waals surface area contributed by atoms with Gasteiger partial charge in [0, 0.05) is 30.2 Å². The van der Waals surface area contributed by atoms with Crippen LogP contribution < -0.4 is 15.9 Å². The number of anilines is 2. The molecule has 3 rings (SSSR count). The highest BCUT2D eigenvalue weighted by Crippen LogP contribution is 2.52. The number of hydrogen-bond donors (Lipinski definition) is 2. The fourth-order valence-corrected chi connectivity index (χ4v) is 8.24. The maximum atomic E-state index is 6.27. The van der Waals surface area contributed by atoms with Crippen LogP contribution in [0, 0.1) is 10.8 Å². The predicted molar refractivity (Wildman–Crippen MR) is 185 cm³/mol. The molecule has 0 spiro atoms. The first-order valence-electron chi connectivity index (χ1n) is 13.6. The third-order valence-corrected chi connectivity index (χ3v) is 10.6. The van der Waals surface area contributed by atoms with Crippen molar-refractivity contribution in [3.05, 3.63) is 56.2 Å². The molecule has 0 bridgehead atoms. The van der Waals surface area contributed by atoms with E-state index < -0.39 is 6.19 Å². The van der Waals surface area contributed by atoms with Gasteiger partial charge in [0.05, 0.1) is 17.9 Å². The second-order valence-electron chi connectivity index (χ2n) is 11.2. The van der Waals surface area contributed by atoms with Crippen molar-refractivity contribution in [1.29, 1.82) is 0 Å². The molecule has 1 aromatic rings. The van der Waals surface area contributed by atoms with E-state index in [2.05, 4.69) is 115 Å². The summed E-state index contributed by atoms with van der Waals surface area (Å²) in [5, 5.41) is 8.01. The molecule has 1 aromatic carbocycles. The highest BCUT2D eigenvalue weighted by Gasteiger charge is 2.40. The lowest BCUT2D eigenvalue weighted by Gasteiger charge is -2.37. The van der Waals surface area contributed by atoms with E-state index in [9.17, 15) is 0 Å². The van der Waals surface area contributed by atoms with E-state index >= 15 is 0 Å². The maximum absolute atomic E-state index is 6.27. The zero-order chi connectivity index (χ0) is 29.9. The van der Waals surface area contributed by atoms with E-state index in [-0.39, 0.29) is 16.9 Å². The van der Waals surface area contributed by atoms with Crippen LogP contribution >= 0.6 is 18.4 Å². The van der Waals surface area contributed by atoms with E-state index in [1.807, 2.05) is 20.9 Å². The lowest BCUT2D eigenvalue weighted by Crippen LogP contribution is -2.43. The van der Waals surface area contributed by atoms with E-state index in [4.69, 9.17) is 28.8 Å². The van der Waals surface area contributed by atoms with Crippen molar-refractivity contribution in [2.75, 3.05) is 30.4 Å². The van der Waals surface area contributed by atoms with E-state index in [1.165, 1.54) is 5.30 Å². The van der Waals surface area contributed by atoms with E-state index in [1.54, 1.807) is 0 Å². The van der Waals surface area contributed by atoms with Gasteiger partial charge in [-0.05, 0) is 54.1 Å². The average Bonchev–Trinajstić information content (AvgIpc) is 3.22. The first-order chi connectivity index (χ1) is 17.8. The molecule has 0 aliphatic carbocycles. The molecule has 7 heteroatoms. The number of nitrogens with zero attached hydrogens (tertiary/aromatic N) is 2. The molecule has 2 atom stereocenters. The van der Waals surface area contributed by atoms with Crippen LogP contribution in [0.1, 0.15) is 75.2 Å². The van der Waals surface area contributed by atoms with Crippen LogP contribution in [0.2, 0.25) is 0 Å². The van der Waals surface area contributed by atoms with Gasteiger partial charge in [0.2, 0.25) is 0 Å². The molecule has 2 N–H and O–H groups in total. The maximum Gasteiger partial charge on any atom is 0.140 e. The van der Waals surface area contributed by atoms with Gasteiger partial charge in [-0.15, -0.1) is 26.3 Å². The Hall–Kier alpha value is -1.75. The summed E-state index contributed by atoms with van der Waals surface area (Å²) in [6.07, 6.45) is 3.25. The van der Waals surface area contributed by atoms with Crippen molar-refractivity contribution < 1.29 is 0 Å². The molecule has 0 amide bonds. The Morgan fingerprint density at radius 3 is 2.13 bits per heavy atom. The average molecular weight is 577 g/mol. The minimum Gasteiger partial charge on any atom is -0.388 e. The quantitative estimate of drug-likeness (QED) is 0.201. The third kappa shape index (κ3) is 9.17. The summed E-state index contributed by atoms with van der Waals surface area (Å²) in [4.78, 5) is 3.30. The van der Waals surface area contributed by atoms with Crippen LogP contribution in [0.3, 0.4) is 0 Å². The fraction of sp³-hybridized carbons (Fsp3) is 0.548. The van der Waals surface area contributed by atoms with Crippen molar-refractivity contribution in [3.63, 3.8) is 0 Å². The Balaban J connectivity index is 0.00000213. The smallest absolute Gasteiger partial charge is 0.140 e. The molecule has 38 heavy (non-hydrogen) atoms. The van der Waals surface area contributed by atoms with Crippen LogP contribution in [-0.4, -0.2) is 41.5 Å². The molecule has 2 heterocycles. The van der Waals surface area contributed by atoms with Gasteiger partial charge < -0.3 is 15.5 Å². The fourth-order valence-electron chi connectivity index (χ4n) is 4.24. The summed E-state index contributed by atoms with van der Waals surface area (Å²) >= 11 is 12.3. The largest absolute Gasteiger partial charge is 0.388 e. The molecule has 2 aliphatic rings. The first kappa shape index (κ1) is 36.2. The van der Waals surface area contributed by atoms with E-state index in [0.29, 0.717) is 0 Å². The summed E-state index contributed by atoms with van der Waals surface area (Å²) in [6.45, 7) is 32.9. The van der Waals surface area contributed by atoms with Gasteiger partial charge in [-0.3, -0.25) is 0 Å². The van der Waals surface area contributed by atoms with Gasteiger partial charge in [0.15, 0.2) is 0 Å². The topological polar surface area (TPSA) is 39.7 Å². The lowest BCUT2D eigenvalue weighted by molar-refractivity contribution is 0.198. The highest BCUT2D eigenvalue weighted by molar-refractivity contribution is 8.17. The van der Waals surface area contributed by atoms with Gasteiger partial charge in [0.1, 0.15) is 10.8 Å². The standard InChI is InChI=1S/C25H39N4PS2.C2H6.2C2H4/c1-9-14-30(32)20-15-17(26-8)10-11-19(20)27-22(28-30)18-16-21(25(5,6)7)29(23(18)31)13-12-24(2,3)4;3*1-2/h10-11,15-16,21,26H,9,12-14H2,1-8H3,(H,27,28,32);1-2H3;2*1-2H2. The second-order valence-corrected chi connectivity index (χ2v) is 15.9. The van der Waals surface area contributed by atoms with Crippen LogP contribution in [0.5, 0.6) is 0 Å². The van der Waals surface area contributed by atoms with Crippen molar-refractivity contribution in [2.45, 2.75) is 81.2 Å². The van der Waals surface area contributed by atoms with Crippen LogP contribution in [0.4, 0.5) is 11.4 Å². The number of benzene rings is 1. The number of fused-ring (bicyclic) bond motifs is 1. The number of hydrogen-bond acceptors (Lipinski definition) is 4. The van der Waals surface area contributed by atoms with Crippen molar-refractivity contribution in [1.82, 2.24) is 4.90 Å². The minimum atomic E-state index is -2.10. The Labute approximate surface area is 245 Å². The molecular weight excluding hydrogens is 523 g/mol. The normalized spacial score (nSPS) is 20.1. The Bertz CT molecular complexity index is 1030. The van der Waals surface area contributed by atoms with Gasteiger partial charge in [-0.1, -0.05) is 86.3 Å². The van der Waals surface area contributed by atoms with Gasteiger partial charge >= 0.3 is 0 Å². The molecule has 0 saturated carbocycles. The number of amidine groups is 1. The lowest BCUT2D eigenvalue weighted by atomic mass is 9.85. The monoisotopic (exact) mass is 576 g/mol. The van der Waals surface area contributed by atoms with Gasteiger partial charge in [-0.25, -0.2) is 4.76 Å². The first-order valence-corrected chi connectivity index (χ1v) is 17.0. The molecule has 0 fully saturated rings. The highest BCUT2D eigenvalue weighted by atomic mass is 32.4. The summed E-state index contributed by atoms with van der Waals surface area (Å²) in [7, 11) is 1.94. The molecule has 0 radical (unpaired) electrons. The third-order valence-electron chi connectivity index (χ3n) is 6.10. The summed E-state index contributed by atoms with van der Waals surface area (Å²) in [5.74, 6) is 0.865. The summed E-state index contributed by atoms with van der Waals surface area (Å²) in [5.41, 5.74) is 3.53. The van der Waals surface area contributed by atoms with Crippen molar-refractivity contribution >= 4 is 57.7 Å². The van der Waals surface area contributed by atoms with E-state index in [0.717, 1.165) is 53.3 Å². The number of nitrogens with one attached hydrogen (secondary N) is 2. The SMILES string of the molecule is C=C.C=C.CC.CCCP1(=S)N=C(C2=CC(C(C)(C)C)N(CCC(C)(C)C)C2=S)Nc2ccc(NC)cc21. The molecule has 4 nitrogen and oxygen atoms in total. The van der Waals surface area contributed by atoms with Gasteiger partial charge in [-0.2, -0.15) is 0 Å². The number of thiocarbonyl (C=S) groups is 1. The molecule has 0 aromatic heterocycles. The molecule has 2 aliphatic heterocycles. The molecule has 0 saturated heterocycles. The minimum absolute atomic E-state index is 0.0716. The van der Waals surface area contributed by atoms with Crippen molar-refractivity contribution in [2.24, 2.45) is 15.6 Å². The van der Waals surface area contributed by atoms with Crippen LogP contribution in [0.25, 0.3) is 0 Å². The van der Waals surface area contributed by atoms with Crippen molar-refractivity contribution in [3.8, 4) is 0 Å². The molecule has 2 unspecified atom stereocenters. The zero-order valence-corrected chi connectivity index (χ0v) is 28.2. The van der Waals surface area contributed by atoms with Gasteiger partial charge in [0.25, 0.3) is 0 Å². The Kier molecular flexibility index (Phi) is 15.0. The zero-order valence-electron chi connectivity index (χ0n) is 25.7. The number of rotatable bonds is 6. The Morgan fingerprint density at radius 2 is 1.66 bits per heavy atom. The Morgan fingerprint density at radius 1 is 1.08 bits per heavy atom. The molecule has 214 valence electrons. The summed E-state index contributed by atoms with van der Waals surface area (Å²) in [6, 6.07) is 6.64. The predicted octanol–water partition coefficient (Wildman–Crippen LogP) is 9.03. The molecular formula is C31H53N4PS2. The summed E-state index contributed by atoms with van der Waals surface area (Å²) < 4.78 is 5.23. The van der Waals surface area contributed by atoms with Crippen LogP contribution in [-0.2, 0) is 11.8 Å².